The largest absolute Gasteiger partial charge is 0.497 e. The van der Waals surface area contributed by atoms with E-state index in [0.717, 1.165) is 16.9 Å². The Morgan fingerprint density at radius 2 is 1.43 bits per heavy atom. The molecule has 4 nitrogen and oxygen atoms in total. The van der Waals surface area contributed by atoms with Gasteiger partial charge in [0.2, 0.25) is 0 Å². The second-order valence-electron chi connectivity index (χ2n) is 4.57. The molecular formula is C17H18O4. The van der Waals surface area contributed by atoms with E-state index in [1.165, 1.54) is 6.92 Å². The normalized spacial score (nSPS) is 10.2. The van der Waals surface area contributed by atoms with Crippen LogP contribution in [0.25, 0.3) is 11.1 Å². The van der Waals surface area contributed by atoms with Gasteiger partial charge in [0.15, 0.2) is 12.6 Å². The van der Waals surface area contributed by atoms with Crippen LogP contribution in [0.15, 0.2) is 48.5 Å². The number of carbonyl (C=O) groups excluding carboxylic acids is 1. The Bertz CT molecular complexity index is 573. The molecule has 0 spiro atoms. The summed E-state index contributed by atoms with van der Waals surface area (Å²) in [5, 5.41) is 0. The number of methoxy groups -OCH3 is 1. The highest BCUT2D eigenvalue weighted by Gasteiger charge is 2.00. The second-order valence-corrected chi connectivity index (χ2v) is 4.57. The van der Waals surface area contributed by atoms with Crippen molar-refractivity contribution in [2.24, 2.45) is 0 Å². The predicted molar refractivity (Wildman–Crippen MR) is 80.6 cm³/mol. The standard InChI is InChI=1S/C17H18O4/c1-13(18)11-20-12-21-17-9-5-15(6-10-17)14-3-7-16(19-2)8-4-14/h3-10H,11-12H2,1-2H3. The summed E-state index contributed by atoms with van der Waals surface area (Å²) in [7, 11) is 1.65. The third-order valence-corrected chi connectivity index (χ3v) is 2.89. The highest BCUT2D eigenvalue weighted by molar-refractivity contribution is 5.76. The van der Waals surface area contributed by atoms with Crippen LogP contribution in [0.2, 0.25) is 0 Å². The van der Waals surface area contributed by atoms with E-state index in [1.54, 1.807) is 7.11 Å². The maximum Gasteiger partial charge on any atom is 0.189 e. The molecule has 0 aliphatic carbocycles. The van der Waals surface area contributed by atoms with Crippen LogP contribution in [-0.4, -0.2) is 26.3 Å². The number of benzene rings is 2. The topological polar surface area (TPSA) is 44.8 Å². The van der Waals surface area contributed by atoms with Gasteiger partial charge in [-0.25, -0.2) is 0 Å². The minimum absolute atomic E-state index is 0.0200. The average Bonchev–Trinajstić information content (AvgIpc) is 2.52. The number of rotatable bonds is 7. The van der Waals surface area contributed by atoms with E-state index >= 15 is 0 Å². The highest BCUT2D eigenvalue weighted by atomic mass is 16.7. The lowest BCUT2D eigenvalue weighted by Crippen LogP contribution is -2.09. The van der Waals surface area contributed by atoms with Crippen LogP contribution < -0.4 is 9.47 Å². The van der Waals surface area contributed by atoms with Crippen molar-refractivity contribution in [2.75, 3.05) is 20.5 Å². The Kier molecular flexibility index (Phi) is 5.35. The fraction of sp³-hybridized carbons (Fsp3) is 0.235. The van der Waals surface area contributed by atoms with Crippen molar-refractivity contribution < 1.29 is 19.0 Å². The maximum absolute atomic E-state index is 10.7. The lowest BCUT2D eigenvalue weighted by molar-refractivity contribution is -0.124. The van der Waals surface area contributed by atoms with Gasteiger partial charge >= 0.3 is 0 Å². The summed E-state index contributed by atoms with van der Waals surface area (Å²) in [4.78, 5) is 10.7. The van der Waals surface area contributed by atoms with E-state index in [2.05, 4.69) is 0 Å². The van der Waals surface area contributed by atoms with Gasteiger partial charge in [-0.2, -0.15) is 0 Å². The second kappa shape index (κ2) is 7.45. The molecule has 0 saturated heterocycles. The smallest absolute Gasteiger partial charge is 0.189 e. The molecule has 2 rings (SSSR count). The van der Waals surface area contributed by atoms with Gasteiger partial charge in [0.25, 0.3) is 0 Å². The van der Waals surface area contributed by atoms with Gasteiger partial charge in [0.05, 0.1) is 7.11 Å². The van der Waals surface area contributed by atoms with E-state index in [4.69, 9.17) is 14.2 Å². The summed E-state index contributed by atoms with van der Waals surface area (Å²) in [6.45, 7) is 1.62. The first-order valence-electron chi connectivity index (χ1n) is 6.63. The molecule has 2 aromatic rings. The van der Waals surface area contributed by atoms with E-state index in [0.29, 0.717) is 5.75 Å². The molecule has 0 radical (unpaired) electrons. The monoisotopic (exact) mass is 286 g/mol. The Morgan fingerprint density at radius 1 is 0.905 bits per heavy atom. The summed E-state index contributed by atoms with van der Waals surface area (Å²) in [6.07, 6.45) is 0. The third-order valence-electron chi connectivity index (χ3n) is 2.89. The number of ether oxygens (including phenoxy) is 3. The number of ketones is 1. The quantitative estimate of drug-likeness (QED) is 0.578. The molecule has 0 bridgehead atoms. The Hall–Kier alpha value is -2.33. The number of hydrogen-bond acceptors (Lipinski definition) is 4. The van der Waals surface area contributed by atoms with Gasteiger partial charge in [0, 0.05) is 0 Å². The molecule has 0 aromatic heterocycles. The molecule has 0 aliphatic rings. The third kappa shape index (κ3) is 4.61. The van der Waals surface area contributed by atoms with E-state index in [9.17, 15) is 4.79 Å². The summed E-state index contributed by atoms with van der Waals surface area (Å²) in [5.74, 6) is 1.52. The van der Waals surface area contributed by atoms with Crippen molar-refractivity contribution in [3.8, 4) is 22.6 Å². The predicted octanol–water partition coefficient (Wildman–Crippen LogP) is 3.30. The van der Waals surface area contributed by atoms with E-state index in [-0.39, 0.29) is 19.2 Å². The molecule has 0 aliphatic heterocycles. The molecule has 0 atom stereocenters. The van der Waals surface area contributed by atoms with Crippen molar-refractivity contribution >= 4 is 5.78 Å². The van der Waals surface area contributed by atoms with Gasteiger partial charge in [-0.3, -0.25) is 4.79 Å². The molecule has 0 saturated carbocycles. The zero-order chi connectivity index (χ0) is 15.1. The lowest BCUT2D eigenvalue weighted by atomic mass is 10.1. The highest BCUT2D eigenvalue weighted by Crippen LogP contribution is 2.24. The number of Topliss-reactive ketones (excluding diaryl/α,β-unsaturated/α-hetero) is 1. The number of carbonyl (C=O) groups is 1. The van der Waals surface area contributed by atoms with E-state index < -0.39 is 0 Å². The molecule has 0 N–H and O–H groups in total. The van der Waals surface area contributed by atoms with Crippen molar-refractivity contribution in [3.05, 3.63) is 48.5 Å². The Morgan fingerprint density at radius 3 is 1.90 bits per heavy atom. The maximum atomic E-state index is 10.7. The minimum atomic E-state index is -0.0200. The fourth-order valence-corrected chi connectivity index (χ4v) is 1.82. The molecule has 0 unspecified atom stereocenters. The van der Waals surface area contributed by atoms with Crippen molar-refractivity contribution in [1.29, 1.82) is 0 Å². The van der Waals surface area contributed by atoms with Gasteiger partial charge in [-0.15, -0.1) is 0 Å². The average molecular weight is 286 g/mol. The number of hydrogen-bond donors (Lipinski definition) is 0. The van der Waals surface area contributed by atoms with Crippen molar-refractivity contribution in [2.45, 2.75) is 6.92 Å². The summed E-state index contributed by atoms with van der Waals surface area (Å²) in [5.41, 5.74) is 2.20. The van der Waals surface area contributed by atoms with Gasteiger partial charge in [-0.1, -0.05) is 24.3 Å². The Balaban J connectivity index is 1.93. The van der Waals surface area contributed by atoms with Crippen molar-refractivity contribution in [3.63, 3.8) is 0 Å². The molecule has 110 valence electrons. The zero-order valence-electron chi connectivity index (χ0n) is 12.2. The van der Waals surface area contributed by atoms with Crippen LogP contribution in [0.5, 0.6) is 11.5 Å². The zero-order valence-corrected chi connectivity index (χ0v) is 12.2. The summed E-state index contributed by atoms with van der Waals surface area (Å²) < 4.78 is 15.6. The first-order chi connectivity index (χ1) is 10.2. The molecule has 2 aromatic carbocycles. The van der Waals surface area contributed by atoms with Crippen LogP contribution >= 0.6 is 0 Å². The first kappa shape index (κ1) is 15.1. The first-order valence-corrected chi connectivity index (χ1v) is 6.63. The van der Waals surface area contributed by atoms with Crippen LogP contribution in [0.3, 0.4) is 0 Å². The molecule has 21 heavy (non-hydrogen) atoms. The Labute approximate surface area is 124 Å². The molecule has 4 heteroatoms. The van der Waals surface area contributed by atoms with Gasteiger partial charge in [0.1, 0.15) is 18.1 Å². The van der Waals surface area contributed by atoms with E-state index in [1.807, 2.05) is 48.5 Å². The van der Waals surface area contributed by atoms with Crippen LogP contribution in [-0.2, 0) is 9.53 Å². The fourth-order valence-electron chi connectivity index (χ4n) is 1.82. The van der Waals surface area contributed by atoms with Gasteiger partial charge < -0.3 is 14.2 Å². The summed E-state index contributed by atoms with van der Waals surface area (Å²) in [6, 6.07) is 15.6. The SMILES string of the molecule is COc1ccc(-c2ccc(OCOCC(C)=O)cc2)cc1. The summed E-state index contributed by atoms with van der Waals surface area (Å²) >= 11 is 0. The lowest BCUT2D eigenvalue weighted by Gasteiger charge is -2.08. The minimum Gasteiger partial charge on any atom is -0.497 e. The molecule has 0 amide bonds. The van der Waals surface area contributed by atoms with Crippen LogP contribution in [0.1, 0.15) is 6.92 Å². The van der Waals surface area contributed by atoms with Crippen LogP contribution in [0, 0.1) is 0 Å². The molecule has 0 heterocycles. The molecule has 0 fully saturated rings. The van der Waals surface area contributed by atoms with Gasteiger partial charge in [-0.05, 0) is 42.3 Å². The van der Waals surface area contributed by atoms with Crippen LogP contribution in [0.4, 0.5) is 0 Å². The van der Waals surface area contributed by atoms with Crippen molar-refractivity contribution in [1.82, 2.24) is 0 Å². The molecular weight excluding hydrogens is 268 g/mol.